The van der Waals surface area contributed by atoms with Crippen LogP contribution in [0.15, 0.2) is 87.1 Å². The molecule has 134 valence electrons. The van der Waals surface area contributed by atoms with Crippen LogP contribution >= 0.6 is 11.8 Å². The van der Waals surface area contributed by atoms with Gasteiger partial charge in [-0.05, 0) is 48.5 Å². The molecule has 0 bridgehead atoms. The minimum absolute atomic E-state index is 0.467. The van der Waals surface area contributed by atoms with E-state index in [4.69, 9.17) is 15.0 Å². The largest absolute Gasteiger partial charge is 0.496 e. The fourth-order valence-electron chi connectivity index (χ4n) is 2.67. The summed E-state index contributed by atoms with van der Waals surface area (Å²) >= 11 is 1.62. The zero-order valence-electron chi connectivity index (χ0n) is 14.6. The fourth-order valence-corrected chi connectivity index (χ4v) is 3.60. The number of nitrogens with zero attached hydrogens (tertiary/aromatic N) is 2. The van der Waals surface area contributed by atoms with Gasteiger partial charge in [-0.3, -0.25) is 0 Å². The van der Waals surface area contributed by atoms with E-state index in [0.717, 1.165) is 26.6 Å². The third-order valence-corrected chi connectivity index (χ3v) is 5.08. The number of para-hydroxylation sites is 1. The summed E-state index contributed by atoms with van der Waals surface area (Å²) in [7, 11) is 1.62. The Morgan fingerprint density at radius 3 is 2.37 bits per heavy atom. The molecular weight excluding hydrogens is 358 g/mol. The molecule has 1 aromatic heterocycles. The maximum atomic E-state index is 5.77. The Kier molecular flexibility index (Phi) is 4.80. The van der Waals surface area contributed by atoms with Crippen LogP contribution in [0, 0.1) is 0 Å². The van der Waals surface area contributed by atoms with Gasteiger partial charge in [0.1, 0.15) is 5.75 Å². The van der Waals surface area contributed by atoms with Crippen molar-refractivity contribution in [1.29, 1.82) is 0 Å². The molecule has 27 heavy (non-hydrogen) atoms. The zero-order valence-corrected chi connectivity index (χ0v) is 15.4. The summed E-state index contributed by atoms with van der Waals surface area (Å²) in [6, 6.07) is 23.3. The number of hydrogen-bond donors (Lipinski definition) is 1. The van der Waals surface area contributed by atoms with E-state index in [1.807, 2.05) is 72.8 Å². The standard InChI is InChI=1S/C21H17N3O2S/c1-25-18-8-4-2-6-16(18)20-23-21(26-24-20)17-7-3-5-9-19(17)27-15-12-10-14(22)11-13-15/h2-13H,22H2,1H3. The summed E-state index contributed by atoms with van der Waals surface area (Å²) in [6.07, 6.45) is 0. The first kappa shape index (κ1) is 17.2. The van der Waals surface area contributed by atoms with Gasteiger partial charge >= 0.3 is 0 Å². The third kappa shape index (κ3) is 3.66. The first-order valence-corrected chi connectivity index (χ1v) is 9.16. The number of nitrogens with two attached hydrogens (primary N) is 1. The average molecular weight is 375 g/mol. The summed E-state index contributed by atoms with van der Waals surface area (Å²) in [6.45, 7) is 0. The molecule has 0 saturated carbocycles. The highest BCUT2D eigenvalue weighted by molar-refractivity contribution is 7.99. The van der Waals surface area contributed by atoms with Crippen LogP contribution in [-0.2, 0) is 0 Å². The second kappa shape index (κ2) is 7.55. The van der Waals surface area contributed by atoms with E-state index in [9.17, 15) is 0 Å². The molecule has 0 aliphatic heterocycles. The predicted molar refractivity (Wildman–Crippen MR) is 107 cm³/mol. The molecule has 0 spiro atoms. The second-order valence-corrected chi connectivity index (χ2v) is 6.91. The van der Waals surface area contributed by atoms with E-state index in [1.54, 1.807) is 18.9 Å². The van der Waals surface area contributed by atoms with Crippen molar-refractivity contribution in [3.63, 3.8) is 0 Å². The fraction of sp³-hybridized carbons (Fsp3) is 0.0476. The highest BCUT2D eigenvalue weighted by atomic mass is 32.2. The monoisotopic (exact) mass is 375 g/mol. The maximum Gasteiger partial charge on any atom is 0.259 e. The van der Waals surface area contributed by atoms with Crippen molar-refractivity contribution >= 4 is 17.4 Å². The van der Waals surface area contributed by atoms with E-state index in [1.165, 1.54) is 0 Å². The number of anilines is 1. The van der Waals surface area contributed by atoms with Gasteiger partial charge in [-0.25, -0.2) is 0 Å². The van der Waals surface area contributed by atoms with Crippen LogP contribution in [0.5, 0.6) is 5.75 Å². The second-order valence-electron chi connectivity index (χ2n) is 5.79. The molecule has 0 atom stereocenters. The summed E-state index contributed by atoms with van der Waals surface area (Å²) < 4.78 is 10.9. The lowest BCUT2D eigenvalue weighted by molar-refractivity contribution is 0.413. The number of rotatable bonds is 5. The van der Waals surface area contributed by atoms with Crippen molar-refractivity contribution in [2.45, 2.75) is 9.79 Å². The van der Waals surface area contributed by atoms with E-state index in [2.05, 4.69) is 10.1 Å². The smallest absolute Gasteiger partial charge is 0.259 e. The molecule has 0 aliphatic rings. The Morgan fingerprint density at radius 1 is 0.889 bits per heavy atom. The molecule has 5 nitrogen and oxygen atoms in total. The first-order chi connectivity index (χ1) is 13.2. The molecule has 0 amide bonds. The molecule has 4 rings (SSSR count). The number of hydrogen-bond acceptors (Lipinski definition) is 6. The molecule has 0 saturated heterocycles. The van der Waals surface area contributed by atoms with Crippen LogP contribution in [0.1, 0.15) is 0 Å². The Morgan fingerprint density at radius 2 is 1.59 bits per heavy atom. The molecule has 0 unspecified atom stereocenters. The van der Waals surface area contributed by atoms with Crippen molar-refractivity contribution in [3.05, 3.63) is 72.8 Å². The van der Waals surface area contributed by atoms with Crippen LogP contribution in [0.2, 0.25) is 0 Å². The first-order valence-electron chi connectivity index (χ1n) is 8.34. The molecule has 1 heterocycles. The molecule has 0 aliphatic carbocycles. The van der Waals surface area contributed by atoms with E-state index in [0.29, 0.717) is 17.5 Å². The molecule has 0 fully saturated rings. The van der Waals surface area contributed by atoms with Crippen LogP contribution in [0.4, 0.5) is 5.69 Å². The lowest BCUT2D eigenvalue weighted by Crippen LogP contribution is -1.89. The molecule has 3 aromatic carbocycles. The van der Waals surface area contributed by atoms with Crippen molar-refractivity contribution in [2.24, 2.45) is 0 Å². The SMILES string of the molecule is COc1ccccc1-c1noc(-c2ccccc2Sc2ccc(N)cc2)n1. The van der Waals surface area contributed by atoms with Gasteiger partial charge in [0.2, 0.25) is 5.82 Å². The number of nitrogen functional groups attached to an aromatic ring is 1. The van der Waals surface area contributed by atoms with Crippen LogP contribution in [0.25, 0.3) is 22.8 Å². The Balaban J connectivity index is 1.69. The number of methoxy groups -OCH3 is 1. The quantitative estimate of drug-likeness (QED) is 0.487. The minimum Gasteiger partial charge on any atom is -0.496 e. The lowest BCUT2D eigenvalue weighted by atomic mass is 10.2. The van der Waals surface area contributed by atoms with Gasteiger partial charge in [0.05, 0.1) is 18.2 Å². The van der Waals surface area contributed by atoms with E-state index < -0.39 is 0 Å². The zero-order chi connectivity index (χ0) is 18.6. The van der Waals surface area contributed by atoms with Crippen molar-refractivity contribution < 1.29 is 9.26 Å². The van der Waals surface area contributed by atoms with Crippen LogP contribution < -0.4 is 10.5 Å². The third-order valence-electron chi connectivity index (χ3n) is 4.00. The Labute approximate surface area is 161 Å². The highest BCUT2D eigenvalue weighted by Crippen LogP contribution is 2.36. The molecule has 4 aromatic rings. The highest BCUT2D eigenvalue weighted by Gasteiger charge is 2.16. The molecule has 2 N–H and O–H groups in total. The topological polar surface area (TPSA) is 74.2 Å². The van der Waals surface area contributed by atoms with Crippen LogP contribution in [0.3, 0.4) is 0 Å². The molecule has 0 radical (unpaired) electrons. The maximum absolute atomic E-state index is 5.77. The van der Waals surface area contributed by atoms with Gasteiger partial charge in [0.15, 0.2) is 0 Å². The van der Waals surface area contributed by atoms with E-state index in [-0.39, 0.29) is 0 Å². The van der Waals surface area contributed by atoms with Gasteiger partial charge in [0.25, 0.3) is 5.89 Å². The van der Waals surface area contributed by atoms with Crippen molar-refractivity contribution in [3.8, 4) is 28.6 Å². The van der Waals surface area contributed by atoms with Crippen molar-refractivity contribution in [1.82, 2.24) is 10.1 Å². The minimum atomic E-state index is 0.467. The van der Waals surface area contributed by atoms with Gasteiger partial charge in [-0.15, -0.1) is 0 Å². The summed E-state index contributed by atoms with van der Waals surface area (Å²) in [5.41, 5.74) is 8.18. The molecule has 6 heteroatoms. The van der Waals surface area contributed by atoms with Crippen LogP contribution in [-0.4, -0.2) is 17.3 Å². The normalized spacial score (nSPS) is 10.7. The predicted octanol–water partition coefficient (Wildman–Crippen LogP) is 5.15. The molecular formula is C21H17N3O2S. The summed E-state index contributed by atoms with van der Waals surface area (Å²) in [4.78, 5) is 6.69. The lowest BCUT2D eigenvalue weighted by Gasteiger charge is -2.06. The Bertz CT molecular complexity index is 1060. The number of aromatic nitrogens is 2. The van der Waals surface area contributed by atoms with Gasteiger partial charge in [-0.1, -0.05) is 41.2 Å². The van der Waals surface area contributed by atoms with Gasteiger partial charge < -0.3 is 15.0 Å². The van der Waals surface area contributed by atoms with E-state index >= 15 is 0 Å². The Hall–Kier alpha value is -3.25. The van der Waals surface area contributed by atoms with Crippen molar-refractivity contribution in [2.75, 3.05) is 12.8 Å². The van der Waals surface area contributed by atoms with Gasteiger partial charge in [0, 0.05) is 15.5 Å². The average Bonchev–Trinajstić information content (AvgIpc) is 3.20. The summed E-state index contributed by atoms with van der Waals surface area (Å²) in [5, 5.41) is 4.14. The summed E-state index contributed by atoms with van der Waals surface area (Å²) in [5.74, 6) is 1.67. The number of benzene rings is 3. The number of ether oxygens (including phenoxy) is 1. The van der Waals surface area contributed by atoms with Gasteiger partial charge in [-0.2, -0.15) is 4.98 Å².